The maximum absolute atomic E-state index is 11.5. The Morgan fingerprint density at radius 3 is 2.68 bits per heavy atom. The van der Waals surface area contributed by atoms with Crippen molar-refractivity contribution < 1.29 is 14.7 Å². The van der Waals surface area contributed by atoms with Gasteiger partial charge in [0.2, 0.25) is 0 Å². The van der Waals surface area contributed by atoms with Gasteiger partial charge in [0.05, 0.1) is 6.54 Å². The Morgan fingerprint density at radius 2 is 2.11 bits per heavy atom. The summed E-state index contributed by atoms with van der Waals surface area (Å²) in [5.74, 6) is -0.643. The predicted octanol–water partition coefficient (Wildman–Crippen LogP) is 2.36. The molecule has 1 rings (SSSR count). The van der Waals surface area contributed by atoms with Crippen LogP contribution < -0.4 is 10.6 Å². The van der Waals surface area contributed by atoms with E-state index in [1.807, 2.05) is 26.0 Å². The van der Waals surface area contributed by atoms with E-state index in [0.29, 0.717) is 19.5 Å². The van der Waals surface area contributed by atoms with Crippen LogP contribution >= 0.6 is 11.3 Å². The molecule has 0 spiro atoms. The van der Waals surface area contributed by atoms with Gasteiger partial charge in [-0.1, -0.05) is 6.92 Å². The van der Waals surface area contributed by atoms with Crippen molar-refractivity contribution in [1.29, 1.82) is 0 Å². The standard InChI is InChI=1S/C13H20N2O3S/c1-9(3-6-12(16)17)7-14-13(18)15-8-11-5-4-10(2)19-11/h4-5,9H,3,6-8H2,1-2H3,(H,16,17)(H2,14,15,18). The summed E-state index contributed by atoms with van der Waals surface area (Å²) in [6.45, 7) is 4.96. The highest BCUT2D eigenvalue weighted by molar-refractivity contribution is 7.11. The lowest BCUT2D eigenvalue weighted by atomic mass is 10.1. The van der Waals surface area contributed by atoms with Crippen molar-refractivity contribution >= 4 is 23.3 Å². The normalized spacial score (nSPS) is 11.9. The Hall–Kier alpha value is -1.56. The number of hydrogen-bond acceptors (Lipinski definition) is 3. The minimum atomic E-state index is -0.802. The van der Waals surface area contributed by atoms with Crippen molar-refractivity contribution in [2.24, 2.45) is 5.92 Å². The van der Waals surface area contributed by atoms with E-state index in [1.54, 1.807) is 11.3 Å². The van der Waals surface area contributed by atoms with Gasteiger partial charge in [-0.2, -0.15) is 0 Å². The second-order valence-corrected chi connectivity index (χ2v) is 5.99. The number of carboxylic acid groups (broad SMARTS) is 1. The summed E-state index contributed by atoms with van der Waals surface area (Å²) in [4.78, 5) is 24.3. The predicted molar refractivity (Wildman–Crippen MR) is 75.3 cm³/mol. The van der Waals surface area contributed by atoms with Gasteiger partial charge in [-0.3, -0.25) is 4.79 Å². The van der Waals surface area contributed by atoms with Crippen molar-refractivity contribution in [1.82, 2.24) is 10.6 Å². The van der Waals surface area contributed by atoms with E-state index >= 15 is 0 Å². The van der Waals surface area contributed by atoms with Crippen LogP contribution in [0.3, 0.4) is 0 Å². The maximum Gasteiger partial charge on any atom is 0.315 e. The summed E-state index contributed by atoms with van der Waals surface area (Å²) in [5.41, 5.74) is 0. The molecule has 0 fully saturated rings. The molecule has 0 aliphatic rings. The second-order valence-electron chi connectivity index (χ2n) is 4.61. The number of carbonyl (C=O) groups excluding carboxylic acids is 1. The quantitative estimate of drug-likeness (QED) is 0.719. The first-order valence-electron chi connectivity index (χ1n) is 6.26. The van der Waals surface area contributed by atoms with E-state index in [1.165, 1.54) is 4.88 Å². The number of carbonyl (C=O) groups is 2. The summed E-state index contributed by atoms with van der Waals surface area (Å²) in [6, 6.07) is 3.80. The van der Waals surface area contributed by atoms with E-state index in [0.717, 1.165) is 4.88 Å². The SMILES string of the molecule is Cc1ccc(CNC(=O)NCC(C)CCC(=O)O)s1. The fraction of sp³-hybridized carbons (Fsp3) is 0.538. The van der Waals surface area contributed by atoms with Gasteiger partial charge in [0.1, 0.15) is 0 Å². The third-order valence-corrected chi connectivity index (χ3v) is 3.68. The van der Waals surface area contributed by atoms with E-state index in [2.05, 4.69) is 10.6 Å². The number of nitrogens with one attached hydrogen (secondary N) is 2. The van der Waals surface area contributed by atoms with Crippen LogP contribution in [0.4, 0.5) is 4.79 Å². The Balaban J connectivity index is 2.15. The lowest BCUT2D eigenvalue weighted by Crippen LogP contribution is -2.37. The molecule has 0 saturated carbocycles. The molecular weight excluding hydrogens is 264 g/mol. The first-order valence-corrected chi connectivity index (χ1v) is 7.08. The maximum atomic E-state index is 11.5. The van der Waals surface area contributed by atoms with Crippen LogP contribution in [0.25, 0.3) is 0 Å². The zero-order valence-electron chi connectivity index (χ0n) is 11.2. The number of rotatable bonds is 7. The minimum absolute atomic E-state index is 0.138. The number of aliphatic carboxylic acids is 1. The van der Waals surface area contributed by atoms with E-state index < -0.39 is 5.97 Å². The molecule has 19 heavy (non-hydrogen) atoms. The molecule has 0 aromatic carbocycles. The molecule has 5 nitrogen and oxygen atoms in total. The molecule has 0 saturated heterocycles. The average molecular weight is 284 g/mol. The second kappa shape index (κ2) is 7.78. The molecule has 0 radical (unpaired) electrons. The zero-order valence-corrected chi connectivity index (χ0v) is 12.0. The highest BCUT2D eigenvalue weighted by Crippen LogP contribution is 2.14. The van der Waals surface area contributed by atoms with E-state index in [-0.39, 0.29) is 18.4 Å². The lowest BCUT2D eigenvalue weighted by molar-refractivity contribution is -0.137. The molecule has 3 N–H and O–H groups in total. The summed E-state index contributed by atoms with van der Waals surface area (Å²) < 4.78 is 0. The van der Waals surface area contributed by atoms with Crippen molar-refractivity contribution in [3.8, 4) is 0 Å². The summed E-state index contributed by atoms with van der Waals surface area (Å²) in [7, 11) is 0. The third kappa shape index (κ3) is 6.81. The van der Waals surface area contributed by atoms with Crippen LogP contribution in [0.5, 0.6) is 0 Å². The molecule has 0 aliphatic carbocycles. The minimum Gasteiger partial charge on any atom is -0.481 e. The smallest absolute Gasteiger partial charge is 0.315 e. The fourth-order valence-corrected chi connectivity index (χ4v) is 2.38. The van der Waals surface area contributed by atoms with Gasteiger partial charge in [0, 0.05) is 22.7 Å². The summed E-state index contributed by atoms with van der Waals surface area (Å²) in [5, 5.41) is 14.1. The van der Waals surface area contributed by atoms with E-state index in [9.17, 15) is 9.59 Å². The molecule has 6 heteroatoms. The Bertz CT molecular complexity index is 431. The first-order chi connectivity index (χ1) is 8.97. The molecule has 1 aromatic rings. The van der Waals surface area contributed by atoms with Crippen LogP contribution in [0, 0.1) is 12.8 Å². The Kier molecular flexibility index (Phi) is 6.35. The van der Waals surface area contributed by atoms with Crippen LogP contribution in [0.1, 0.15) is 29.5 Å². The number of carboxylic acids is 1. The van der Waals surface area contributed by atoms with Crippen molar-refractivity contribution in [3.05, 3.63) is 21.9 Å². The van der Waals surface area contributed by atoms with Crippen LogP contribution in [-0.2, 0) is 11.3 Å². The van der Waals surface area contributed by atoms with Crippen molar-refractivity contribution in [2.45, 2.75) is 33.2 Å². The van der Waals surface area contributed by atoms with Gasteiger partial charge in [-0.25, -0.2) is 4.79 Å². The van der Waals surface area contributed by atoms with Gasteiger partial charge in [0.15, 0.2) is 0 Å². The van der Waals surface area contributed by atoms with Gasteiger partial charge in [0.25, 0.3) is 0 Å². The fourth-order valence-electron chi connectivity index (χ4n) is 1.55. The van der Waals surface area contributed by atoms with E-state index in [4.69, 9.17) is 5.11 Å². The molecule has 1 unspecified atom stereocenters. The molecule has 1 atom stereocenters. The zero-order chi connectivity index (χ0) is 14.3. The topological polar surface area (TPSA) is 78.4 Å². The number of aryl methyl sites for hydroxylation is 1. The van der Waals surface area contributed by atoms with Gasteiger partial charge >= 0.3 is 12.0 Å². The van der Waals surface area contributed by atoms with Gasteiger partial charge in [-0.15, -0.1) is 11.3 Å². The molecule has 0 aliphatic heterocycles. The molecule has 1 heterocycles. The highest BCUT2D eigenvalue weighted by atomic mass is 32.1. The third-order valence-electron chi connectivity index (χ3n) is 2.68. The largest absolute Gasteiger partial charge is 0.481 e. The van der Waals surface area contributed by atoms with Crippen LogP contribution in [0.2, 0.25) is 0 Å². The average Bonchev–Trinajstić information content (AvgIpc) is 2.77. The van der Waals surface area contributed by atoms with Crippen LogP contribution in [-0.4, -0.2) is 23.7 Å². The molecule has 0 bridgehead atoms. The lowest BCUT2D eigenvalue weighted by Gasteiger charge is -2.12. The number of thiophene rings is 1. The van der Waals surface area contributed by atoms with Gasteiger partial charge < -0.3 is 15.7 Å². The van der Waals surface area contributed by atoms with Crippen molar-refractivity contribution in [3.63, 3.8) is 0 Å². The number of amides is 2. The Labute approximate surface area is 117 Å². The highest BCUT2D eigenvalue weighted by Gasteiger charge is 2.07. The van der Waals surface area contributed by atoms with Crippen LogP contribution in [0.15, 0.2) is 12.1 Å². The Morgan fingerprint density at radius 1 is 1.37 bits per heavy atom. The van der Waals surface area contributed by atoms with Gasteiger partial charge in [-0.05, 0) is 31.4 Å². The summed E-state index contributed by atoms with van der Waals surface area (Å²) in [6.07, 6.45) is 0.707. The number of hydrogen-bond donors (Lipinski definition) is 3. The molecule has 106 valence electrons. The first kappa shape index (κ1) is 15.5. The summed E-state index contributed by atoms with van der Waals surface area (Å²) >= 11 is 1.66. The molecule has 2 amide bonds. The molecular formula is C13H20N2O3S. The monoisotopic (exact) mass is 284 g/mol. The molecule has 1 aromatic heterocycles. The van der Waals surface area contributed by atoms with Crippen molar-refractivity contribution in [2.75, 3.05) is 6.54 Å². The number of urea groups is 1.